The number of benzene rings is 1. The molecule has 0 saturated heterocycles. The van der Waals surface area contributed by atoms with Gasteiger partial charge in [0.05, 0.1) is 26.4 Å². The number of hydrogen-bond acceptors (Lipinski definition) is 7. The fourth-order valence-corrected chi connectivity index (χ4v) is 2.96. The molecule has 0 spiro atoms. The Kier molecular flexibility index (Phi) is 5.69. The topological polar surface area (TPSA) is 82.9 Å². The Hall–Kier alpha value is -2.55. The van der Waals surface area contributed by atoms with Gasteiger partial charge < -0.3 is 19.1 Å². The van der Waals surface area contributed by atoms with Gasteiger partial charge in [0.15, 0.2) is 10.3 Å². The molecule has 8 nitrogen and oxygen atoms in total. The lowest BCUT2D eigenvalue weighted by atomic mass is 10.1. The number of esters is 2. The highest BCUT2D eigenvalue weighted by molar-refractivity contribution is 6.40. The number of aromatic nitrogens is 2. The van der Waals surface area contributed by atoms with Crippen LogP contribution in [0.3, 0.4) is 0 Å². The monoisotopic (exact) mass is 411 g/mol. The van der Waals surface area contributed by atoms with E-state index in [0.29, 0.717) is 5.69 Å². The van der Waals surface area contributed by atoms with Crippen LogP contribution in [0.2, 0.25) is 10.3 Å². The maximum Gasteiger partial charge on any atom is 0.355 e. The predicted octanol–water partition coefficient (Wildman–Crippen LogP) is 2.57. The molecular weight excluding hydrogens is 397 g/mol. The van der Waals surface area contributed by atoms with Crippen LogP contribution in [0.15, 0.2) is 41.9 Å². The van der Waals surface area contributed by atoms with Crippen LogP contribution in [0.25, 0.3) is 5.69 Å². The zero-order chi connectivity index (χ0) is 19.6. The molecule has 0 atom stereocenters. The summed E-state index contributed by atoms with van der Waals surface area (Å²) >= 11 is 12.0. The highest BCUT2D eigenvalue weighted by atomic mass is 35.5. The summed E-state index contributed by atoms with van der Waals surface area (Å²) in [4.78, 5) is 29.8. The van der Waals surface area contributed by atoms with Crippen molar-refractivity contribution in [2.75, 3.05) is 32.5 Å². The number of rotatable bonds is 4. The van der Waals surface area contributed by atoms with E-state index >= 15 is 0 Å². The SMILES string of the molecule is COC(=O)C1=C(C(=O)OC)N(c2ccc(-n3cnc(Cl)c3Cl)cc2)COC1. The minimum Gasteiger partial charge on any atom is -0.466 e. The first-order valence-electron chi connectivity index (χ1n) is 7.71. The van der Waals surface area contributed by atoms with Gasteiger partial charge in [0.2, 0.25) is 0 Å². The summed E-state index contributed by atoms with van der Waals surface area (Å²) < 4.78 is 16.6. The first-order valence-corrected chi connectivity index (χ1v) is 8.47. The van der Waals surface area contributed by atoms with Gasteiger partial charge in [-0.15, -0.1) is 0 Å². The third-order valence-electron chi connectivity index (χ3n) is 3.94. The summed E-state index contributed by atoms with van der Waals surface area (Å²) in [7, 11) is 2.48. The van der Waals surface area contributed by atoms with E-state index in [1.807, 2.05) is 0 Å². The molecule has 0 amide bonds. The van der Waals surface area contributed by atoms with E-state index < -0.39 is 11.9 Å². The van der Waals surface area contributed by atoms with E-state index in [9.17, 15) is 9.59 Å². The Morgan fingerprint density at radius 2 is 1.70 bits per heavy atom. The number of hydrogen-bond donors (Lipinski definition) is 0. The largest absolute Gasteiger partial charge is 0.466 e. The first kappa shape index (κ1) is 19.2. The number of carbonyl (C=O) groups excluding carboxylic acids is 2. The van der Waals surface area contributed by atoms with Crippen molar-refractivity contribution in [2.45, 2.75) is 0 Å². The van der Waals surface area contributed by atoms with E-state index in [0.717, 1.165) is 5.69 Å². The molecule has 0 N–H and O–H groups in total. The van der Waals surface area contributed by atoms with Crippen LogP contribution in [0.4, 0.5) is 5.69 Å². The van der Waals surface area contributed by atoms with E-state index in [2.05, 4.69) is 4.98 Å². The van der Waals surface area contributed by atoms with Gasteiger partial charge in [-0.05, 0) is 24.3 Å². The lowest BCUT2D eigenvalue weighted by Gasteiger charge is -2.31. The molecule has 0 aliphatic carbocycles. The number of ether oxygens (including phenoxy) is 3. The summed E-state index contributed by atoms with van der Waals surface area (Å²) in [6, 6.07) is 7.01. The molecule has 2 heterocycles. The Labute approximate surface area is 164 Å². The third-order valence-corrected chi connectivity index (χ3v) is 4.68. The Morgan fingerprint density at radius 3 is 2.26 bits per heavy atom. The molecule has 1 aliphatic rings. The minimum atomic E-state index is -0.660. The molecule has 1 aromatic carbocycles. The molecule has 0 fully saturated rings. The number of nitrogens with zero attached hydrogens (tertiary/aromatic N) is 3. The van der Waals surface area contributed by atoms with Crippen LogP contribution in [-0.2, 0) is 23.8 Å². The fourth-order valence-electron chi connectivity index (χ4n) is 2.63. The van der Waals surface area contributed by atoms with Crippen LogP contribution in [0, 0.1) is 0 Å². The molecular formula is C17H15Cl2N3O5. The van der Waals surface area contributed by atoms with Gasteiger partial charge in [-0.25, -0.2) is 14.6 Å². The molecule has 0 unspecified atom stereocenters. The standard InChI is InChI=1S/C17H15Cl2N3O5/c1-25-16(23)12-7-27-9-22(13(12)17(24)26-2)11-5-3-10(4-6-11)21-8-20-14(18)15(21)19/h3-6,8H,7,9H2,1-2H3. The second kappa shape index (κ2) is 7.99. The van der Waals surface area contributed by atoms with Crippen LogP contribution in [0.5, 0.6) is 0 Å². The van der Waals surface area contributed by atoms with E-state index in [1.54, 1.807) is 28.8 Å². The average molecular weight is 412 g/mol. The smallest absolute Gasteiger partial charge is 0.355 e. The summed E-state index contributed by atoms with van der Waals surface area (Å²) in [5.74, 6) is -1.32. The van der Waals surface area contributed by atoms with E-state index in [1.165, 1.54) is 25.4 Å². The van der Waals surface area contributed by atoms with Crippen molar-refractivity contribution in [2.24, 2.45) is 0 Å². The van der Waals surface area contributed by atoms with Crippen molar-refractivity contribution in [1.82, 2.24) is 9.55 Å². The summed E-state index contributed by atoms with van der Waals surface area (Å²) in [5, 5.41) is 0.484. The van der Waals surface area contributed by atoms with Crippen LogP contribution >= 0.6 is 23.2 Å². The summed E-state index contributed by atoms with van der Waals surface area (Å²) in [6.45, 7) is 0.0246. The Morgan fingerprint density at radius 1 is 1.07 bits per heavy atom. The highest BCUT2D eigenvalue weighted by Gasteiger charge is 2.32. The van der Waals surface area contributed by atoms with Crippen molar-refractivity contribution in [3.05, 3.63) is 52.2 Å². The Balaban J connectivity index is 2.00. The predicted molar refractivity (Wildman–Crippen MR) is 97.9 cm³/mol. The second-order valence-corrected chi connectivity index (χ2v) is 6.14. The normalized spacial score (nSPS) is 14.3. The number of carbonyl (C=O) groups is 2. The maximum absolute atomic E-state index is 12.3. The molecule has 1 aromatic heterocycles. The zero-order valence-electron chi connectivity index (χ0n) is 14.4. The molecule has 0 radical (unpaired) electrons. The first-order chi connectivity index (χ1) is 13.0. The number of anilines is 1. The highest BCUT2D eigenvalue weighted by Crippen LogP contribution is 2.29. The lowest BCUT2D eigenvalue weighted by molar-refractivity contribution is -0.140. The summed E-state index contributed by atoms with van der Waals surface area (Å²) in [5.41, 5.74) is 1.50. The van der Waals surface area contributed by atoms with Gasteiger partial charge in [-0.2, -0.15) is 0 Å². The maximum atomic E-state index is 12.3. The van der Waals surface area contributed by atoms with Gasteiger partial charge in [0, 0.05) is 11.4 Å². The fraction of sp³-hybridized carbons (Fsp3) is 0.235. The van der Waals surface area contributed by atoms with Crippen LogP contribution in [0.1, 0.15) is 0 Å². The minimum absolute atomic E-state index is 0.0468. The zero-order valence-corrected chi connectivity index (χ0v) is 16.0. The quantitative estimate of drug-likeness (QED) is 0.714. The van der Waals surface area contributed by atoms with Gasteiger partial charge >= 0.3 is 11.9 Å². The molecule has 142 valence electrons. The Bertz CT molecular complexity index is 908. The molecule has 10 heteroatoms. The van der Waals surface area contributed by atoms with Crippen molar-refractivity contribution in [3.8, 4) is 5.69 Å². The van der Waals surface area contributed by atoms with E-state index in [4.69, 9.17) is 37.4 Å². The number of halogens is 2. The van der Waals surface area contributed by atoms with Crippen LogP contribution in [-0.4, -0.2) is 49.0 Å². The number of methoxy groups -OCH3 is 2. The van der Waals surface area contributed by atoms with E-state index in [-0.39, 0.29) is 34.9 Å². The van der Waals surface area contributed by atoms with Gasteiger partial charge in [0.1, 0.15) is 18.8 Å². The van der Waals surface area contributed by atoms with Crippen molar-refractivity contribution >= 4 is 40.8 Å². The van der Waals surface area contributed by atoms with Gasteiger partial charge in [-0.3, -0.25) is 4.57 Å². The van der Waals surface area contributed by atoms with Crippen molar-refractivity contribution in [3.63, 3.8) is 0 Å². The summed E-state index contributed by atoms with van der Waals surface area (Å²) in [6.07, 6.45) is 1.50. The second-order valence-electron chi connectivity index (χ2n) is 5.43. The molecule has 3 rings (SSSR count). The van der Waals surface area contributed by atoms with Gasteiger partial charge in [-0.1, -0.05) is 23.2 Å². The van der Waals surface area contributed by atoms with Gasteiger partial charge in [0.25, 0.3) is 0 Å². The number of imidazole rings is 1. The average Bonchev–Trinajstić information content (AvgIpc) is 3.05. The lowest BCUT2D eigenvalue weighted by Crippen LogP contribution is -2.38. The van der Waals surface area contributed by atoms with Crippen LogP contribution < -0.4 is 4.90 Å². The molecule has 1 aliphatic heterocycles. The van der Waals surface area contributed by atoms with Crippen molar-refractivity contribution in [1.29, 1.82) is 0 Å². The molecule has 0 bridgehead atoms. The van der Waals surface area contributed by atoms with Crippen molar-refractivity contribution < 1.29 is 23.8 Å². The molecule has 27 heavy (non-hydrogen) atoms. The molecule has 2 aromatic rings. The molecule has 0 saturated carbocycles. The third kappa shape index (κ3) is 3.64.